The van der Waals surface area contributed by atoms with Crippen molar-refractivity contribution in [2.75, 3.05) is 0 Å². The molecule has 1 aromatic carbocycles. The lowest BCUT2D eigenvalue weighted by Crippen LogP contribution is -1.95. The Balaban J connectivity index is 2.42. The molecule has 84 valence electrons. The van der Waals surface area contributed by atoms with Gasteiger partial charge in [-0.3, -0.25) is 0 Å². The molecule has 3 nitrogen and oxygen atoms in total. The van der Waals surface area contributed by atoms with E-state index in [1.54, 1.807) is 10.7 Å². The lowest BCUT2D eigenvalue weighted by atomic mass is 10.2. The average Bonchev–Trinajstić information content (AvgIpc) is 2.64. The predicted molar refractivity (Wildman–Crippen MR) is 63.1 cm³/mol. The maximum absolute atomic E-state index is 13.2. The first kappa shape index (κ1) is 11.3. The van der Waals surface area contributed by atoms with Gasteiger partial charge in [0, 0.05) is 4.47 Å². The fraction of sp³-hybridized carbons (Fsp3) is 0.273. The molecule has 0 atom stereocenters. The van der Waals surface area contributed by atoms with Crippen molar-refractivity contribution in [2.45, 2.75) is 19.8 Å². The summed E-state index contributed by atoms with van der Waals surface area (Å²) in [6, 6.07) is 4.62. The molecule has 2 rings (SSSR count). The minimum Gasteiger partial charge on any atom is -0.220 e. The summed E-state index contributed by atoms with van der Waals surface area (Å²) >= 11 is 3.24. The van der Waals surface area contributed by atoms with Crippen LogP contribution in [0.5, 0.6) is 0 Å². The zero-order chi connectivity index (χ0) is 11.7. The Bertz CT molecular complexity index is 487. The molecule has 0 unspecified atom stereocenters. The number of rotatable bonds is 2. The Morgan fingerprint density at radius 1 is 1.31 bits per heavy atom. The molecule has 0 fully saturated rings. The molecule has 0 bridgehead atoms. The van der Waals surface area contributed by atoms with Gasteiger partial charge < -0.3 is 0 Å². The molecule has 0 amide bonds. The fourth-order valence-corrected chi connectivity index (χ4v) is 1.79. The van der Waals surface area contributed by atoms with E-state index in [-0.39, 0.29) is 5.82 Å². The Morgan fingerprint density at radius 3 is 2.62 bits per heavy atom. The van der Waals surface area contributed by atoms with Crippen LogP contribution in [0.25, 0.3) is 5.69 Å². The van der Waals surface area contributed by atoms with Gasteiger partial charge in [-0.1, -0.05) is 35.0 Å². The van der Waals surface area contributed by atoms with E-state index in [2.05, 4.69) is 26.2 Å². The largest absolute Gasteiger partial charge is 0.220 e. The van der Waals surface area contributed by atoms with Gasteiger partial charge >= 0.3 is 0 Å². The normalized spacial score (nSPS) is 11.1. The van der Waals surface area contributed by atoms with Crippen molar-refractivity contribution in [3.05, 3.63) is 40.4 Å². The quantitative estimate of drug-likeness (QED) is 0.847. The number of hydrogen-bond donors (Lipinski definition) is 0. The van der Waals surface area contributed by atoms with E-state index in [1.807, 2.05) is 20.0 Å². The molecule has 1 heterocycles. The first-order valence-corrected chi connectivity index (χ1v) is 5.74. The van der Waals surface area contributed by atoms with Gasteiger partial charge in [-0.15, -0.1) is 5.10 Å². The zero-order valence-electron chi connectivity index (χ0n) is 8.98. The van der Waals surface area contributed by atoms with Gasteiger partial charge in [-0.05, 0) is 24.1 Å². The van der Waals surface area contributed by atoms with Crippen molar-refractivity contribution in [1.29, 1.82) is 0 Å². The molecule has 5 heteroatoms. The molecule has 0 N–H and O–H groups in total. The van der Waals surface area contributed by atoms with Crippen LogP contribution in [-0.2, 0) is 0 Å². The van der Waals surface area contributed by atoms with E-state index in [0.717, 1.165) is 5.69 Å². The van der Waals surface area contributed by atoms with Crippen LogP contribution in [0.3, 0.4) is 0 Å². The second-order valence-electron chi connectivity index (χ2n) is 3.87. The van der Waals surface area contributed by atoms with Crippen LogP contribution in [0.4, 0.5) is 4.39 Å². The highest BCUT2D eigenvalue weighted by Gasteiger charge is 2.07. The molecular formula is C11H11BrFN3. The average molecular weight is 284 g/mol. The minimum atomic E-state index is -0.300. The predicted octanol–water partition coefficient (Wildman–Crippen LogP) is 3.29. The van der Waals surface area contributed by atoms with Crippen LogP contribution in [0, 0.1) is 5.82 Å². The van der Waals surface area contributed by atoms with Gasteiger partial charge in [-0.2, -0.15) is 0 Å². The van der Waals surface area contributed by atoms with Gasteiger partial charge in [0.25, 0.3) is 0 Å². The van der Waals surface area contributed by atoms with Crippen LogP contribution >= 0.6 is 15.9 Å². The second-order valence-corrected chi connectivity index (χ2v) is 4.79. The Kier molecular flexibility index (Phi) is 3.05. The highest BCUT2D eigenvalue weighted by Crippen LogP contribution is 2.18. The van der Waals surface area contributed by atoms with Crippen LogP contribution in [0.15, 0.2) is 28.9 Å². The highest BCUT2D eigenvalue weighted by molar-refractivity contribution is 9.10. The molecule has 0 radical (unpaired) electrons. The van der Waals surface area contributed by atoms with Crippen LogP contribution < -0.4 is 0 Å². The second kappa shape index (κ2) is 4.33. The number of aromatic nitrogens is 3. The Hall–Kier alpha value is -1.23. The SMILES string of the molecule is CC(C)c1cn(-c2cc(F)cc(Br)c2)nn1. The summed E-state index contributed by atoms with van der Waals surface area (Å²) in [6.45, 7) is 4.08. The van der Waals surface area contributed by atoms with Crippen molar-refractivity contribution in [2.24, 2.45) is 0 Å². The fourth-order valence-electron chi connectivity index (χ4n) is 1.34. The molecule has 0 aliphatic rings. The number of halogens is 2. The summed E-state index contributed by atoms with van der Waals surface area (Å²) in [6.07, 6.45) is 1.81. The summed E-state index contributed by atoms with van der Waals surface area (Å²) in [7, 11) is 0. The third kappa shape index (κ3) is 2.29. The minimum absolute atomic E-state index is 0.300. The molecule has 0 spiro atoms. The number of nitrogens with zero attached hydrogens (tertiary/aromatic N) is 3. The summed E-state index contributed by atoms with van der Waals surface area (Å²) in [4.78, 5) is 0. The molecule has 1 aromatic heterocycles. The van der Waals surface area contributed by atoms with Crippen LogP contribution in [-0.4, -0.2) is 15.0 Å². The number of hydrogen-bond acceptors (Lipinski definition) is 2. The topological polar surface area (TPSA) is 30.7 Å². The first-order valence-electron chi connectivity index (χ1n) is 4.95. The van der Waals surface area contributed by atoms with Crippen LogP contribution in [0.2, 0.25) is 0 Å². The lowest BCUT2D eigenvalue weighted by molar-refractivity contribution is 0.624. The van der Waals surface area contributed by atoms with Crippen molar-refractivity contribution in [3.63, 3.8) is 0 Å². The van der Waals surface area contributed by atoms with Crippen LogP contribution in [0.1, 0.15) is 25.5 Å². The molecule has 0 saturated carbocycles. The maximum atomic E-state index is 13.2. The zero-order valence-corrected chi connectivity index (χ0v) is 10.6. The summed E-state index contributed by atoms with van der Waals surface area (Å²) < 4.78 is 15.4. The van der Waals surface area contributed by atoms with Crippen molar-refractivity contribution < 1.29 is 4.39 Å². The van der Waals surface area contributed by atoms with E-state index in [1.165, 1.54) is 12.1 Å². The maximum Gasteiger partial charge on any atom is 0.126 e. The standard InChI is InChI=1S/C11H11BrFN3/c1-7(2)11-6-16(15-14-11)10-4-8(12)3-9(13)5-10/h3-7H,1-2H3. The van der Waals surface area contributed by atoms with E-state index >= 15 is 0 Å². The van der Waals surface area contributed by atoms with Crippen molar-refractivity contribution >= 4 is 15.9 Å². The van der Waals surface area contributed by atoms with E-state index in [4.69, 9.17) is 0 Å². The Morgan fingerprint density at radius 2 is 2.06 bits per heavy atom. The number of benzene rings is 1. The van der Waals surface area contributed by atoms with Gasteiger partial charge in [0.1, 0.15) is 5.82 Å². The molecule has 0 saturated heterocycles. The third-order valence-corrected chi connectivity index (χ3v) is 2.67. The van der Waals surface area contributed by atoms with Crippen molar-refractivity contribution in [1.82, 2.24) is 15.0 Å². The van der Waals surface area contributed by atoms with E-state index in [9.17, 15) is 4.39 Å². The van der Waals surface area contributed by atoms with Gasteiger partial charge in [0.15, 0.2) is 0 Å². The van der Waals surface area contributed by atoms with E-state index in [0.29, 0.717) is 16.1 Å². The summed E-state index contributed by atoms with van der Waals surface area (Å²) in [5.74, 6) is 0.0109. The molecule has 2 aromatic rings. The highest BCUT2D eigenvalue weighted by atomic mass is 79.9. The first-order chi connectivity index (χ1) is 7.56. The molecular weight excluding hydrogens is 273 g/mol. The molecule has 0 aliphatic heterocycles. The molecule has 0 aliphatic carbocycles. The van der Waals surface area contributed by atoms with Crippen molar-refractivity contribution in [3.8, 4) is 5.69 Å². The molecule has 16 heavy (non-hydrogen) atoms. The van der Waals surface area contributed by atoms with Gasteiger partial charge in [0.05, 0.1) is 17.6 Å². The van der Waals surface area contributed by atoms with Gasteiger partial charge in [0.2, 0.25) is 0 Å². The summed E-state index contributed by atoms with van der Waals surface area (Å²) in [5, 5.41) is 8.00. The summed E-state index contributed by atoms with van der Waals surface area (Å²) in [5.41, 5.74) is 1.55. The lowest BCUT2D eigenvalue weighted by Gasteiger charge is -2.01. The monoisotopic (exact) mass is 283 g/mol. The van der Waals surface area contributed by atoms with Gasteiger partial charge in [-0.25, -0.2) is 9.07 Å². The van der Waals surface area contributed by atoms with E-state index < -0.39 is 0 Å². The third-order valence-electron chi connectivity index (χ3n) is 2.21. The Labute approximate surface area is 101 Å². The smallest absolute Gasteiger partial charge is 0.126 e.